The van der Waals surface area contributed by atoms with Crippen molar-refractivity contribution in [2.45, 2.75) is 20.8 Å². The summed E-state index contributed by atoms with van der Waals surface area (Å²) in [4.78, 5) is 30.0. The molecule has 2 N–H and O–H groups in total. The number of halogens is 2. The number of nitrogens with zero attached hydrogens (tertiary/aromatic N) is 1. The van der Waals surface area contributed by atoms with Gasteiger partial charge in [0.25, 0.3) is 0 Å². The van der Waals surface area contributed by atoms with E-state index in [1.807, 2.05) is 12.1 Å². The van der Waals surface area contributed by atoms with Crippen molar-refractivity contribution in [1.82, 2.24) is 4.98 Å². The second-order valence-electron chi connectivity index (χ2n) is 9.08. The van der Waals surface area contributed by atoms with E-state index < -0.39 is 17.9 Å². The molecule has 176 valence electrons. The molecule has 9 heteroatoms. The number of aliphatic hydroxyl groups excluding tert-OH is 1. The number of hydrogen-bond acceptors (Lipinski definition) is 5. The van der Waals surface area contributed by atoms with Crippen LogP contribution in [0.3, 0.4) is 0 Å². The molecule has 0 unspecified atom stereocenters. The van der Waals surface area contributed by atoms with E-state index in [9.17, 15) is 14.7 Å². The molecule has 2 radical (unpaired) electrons. The zero-order valence-corrected chi connectivity index (χ0v) is 20.8. The normalized spacial score (nSPS) is 11.6. The van der Waals surface area contributed by atoms with Gasteiger partial charge in [0.1, 0.15) is 20.1 Å². The van der Waals surface area contributed by atoms with Gasteiger partial charge in [0.15, 0.2) is 5.76 Å². The van der Waals surface area contributed by atoms with Gasteiger partial charge < -0.3 is 14.8 Å². The van der Waals surface area contributed by atoms with Crippen molar-refractivity contribution in [1.29, 1.82) is 0 Å². The number of pyridine rings is 1. The summed E-state index contributed by atoms with van der Waals surface area (Å²) in [6.45, 7) is 4.47. The standard InChI is InChI=1S/C26H21BCl2N2O4/c1-26(2,3)24(34)23-22(30-20(33)12-32)18-11-17(13-4-7-15(28)8-5-13)21(31-25(18)35-23)16-9-6-14(27)10-19(16)29/h4-11,32H,12H2,1-3H3,(H,30,33). The van der Waals surface area contributed by atoms with Crippen LogP contribution in [0.2, 0.25) is 10.0 Å². The lowest BCUT2D eigenvalue weighted by atomic mass is 9.88. The van der Waals surface area contributed by atoms with E-state index in [-0.39, 0.29) is 22.9 Å². The molecule has 0 aliphatic rings. The number of aliphatic hydroxyl groups is 1. The number of furan rings is 1. The molecule has 0 bridgehead atoms. The number of rotatable bonds is 5. The highest BCUT2D eigenvalue weighted by Gasteiger charge is 2.32. The van der Waals surface area contributed by atoms with Gasteiger partial charge in [-0.1, -0.05) is 73.7 Å². The Kier molecular flexibility index (Phi) is 6.78. The molecular formula is C26H21BCl2N2O4. The molecule has 6 nitrogen and oxygen atoms in total. The summed E-state index contributed by atoms with van der Waals surface area (Å²) < 4.78 is 5.92. The minimum absolute atomic E-state index is 0.0515. The highest BCUT2D eigenvalue weighted by atomic mass is 35.5. The van der Waals surface area contributed by atoms with Gasteiger partial charge in [-0.05, 0) is 29.8 Å². The quantitative estimate of drug-likeness (QED) is 0.278. The molecule has 0 fully saturated rings. The Morgan fingerprint density at radius 1 is 1.06 bits per heavy atom. The summed E-state index contributed by atoms with van der Waals surface area (Å²) in [7, 11) is 5.88. The van der Waals surface area contributed by atoms with Gasteiger partial charge >= 0.3 is 0 Å². The highest BCUT2D eigenvalue weighted by molar-refractivity contribution is 6.38. The van der Waals surface area contributed by atoms with E-state index in [0.29, 0.717) is 37.7 Å². The Morgan fingerprint density at radius 2 is 1.74 bits per heavy atom. The summed E-state index contributed by atoms with van der Waals surface area (Å²) in [5.41, 5.74) is 2.52. The Balaban J connectivity index is 2.07. The molecule has 0 saturated carbocycles. The van der Waals surface area contributed by atoms with Crippen LogP contribution in [0.1, 0.15) is 31.3 Å². The molecule has 35 heavy (non-hydrogen) atoms. The van der Waals surface area contributed by atoms with Gasteiger partial charge in [0.05, 0.1) is 11.1 Å². The van der Waals surface area contributed by atoms with Crippen LogP contribution in [0.25, 0.3) is 33.5 Å². The number of Topliss-reactive ketones (excluding diaryl/α,β-unsaturated/α-hetero) is 1. The van der Waals surface area contributed by atoms with Gasteiger partial charge in [-0.25, -0.2) is 4.98 Å². The number of fused-ring (bicyclic) bond motifs is 1. The SMILES string of the molecule is [B]c1ccc(-c2nc3oc(C(=O)C(C)(C)C)c(NC(=O)CO)c3cc2-c2ccc(Cl)cc2)c(Cl)c1. The zero-order chi connectivity index (χ0) is 25.5. The number of anilines is 1. The number of carbonyl (C=O) groups is 2. The van der Waals surface area contributed by atoms with Crippen molar-refractivity contribution in [2.24, 2.45) is 5.41 Å². The predicted molar refractivity (Wildman–Crippen MR) is 140 cm³/mol. The van der Waals surface area contributed by atoms with Crippen molar-refractivity contribution in [3.8, 4) is 22.4 Å². The third-order valence-electron chi connectivity index (χ3n) is 5.38. The maximum absolute atomic E-state index is 13.2. The minimum Gasteiger partial charge on any atom is -0.432 e. The number of ketones is 1. The van der Waals surface area contributed by atoms with Crippen LogP contribution in [-0.2, 0) is 4.79 Å². The summed E-state index contributed by atoms with van der Waals surface area (Å²) in [6.07, 6.45) is 0. The maximum Gasteiger partial charge on any atom is 0.250 e. The van der Waals surface area contributed by atoms with Crippen LogP contribution in [0.15, 0.2) is 52.9 Å². The van der Waals surface area contributed by atoms with Crippen LogP contribution in [0, 0.1) is 5.41 Å². The van der Waals surface area contributed by atoms with Crippen LogP contribution < -0.4 is 10.8 Å². The third kappa shape index (κ3) is 4.98. The molecule has 2 heterocycles. The number of carbonyl (C=O) groups excluding carboxylic acids is 2. The lowest BCUT2D eigenvalue weighted by Crippen LogP contribution is -2.22. The van der Waals surface area contributed by atoms with E-state index in [1.54, 1.807) is 57.2 Å². The van der Waals surface area contributed by atoms with Crippen molar-refractivity contribution in [3.63, 3.8) is 0 Å². The summed E-state index contributed by atoms with van der Waals surface area (Å²) >= 11 is 12.6. The molecule has 0 atom stereocenters. The summed E-state index contributed by atoms with van der Waals surface area (Å²) in [5.74, 6) is -1.07. The Hall–Kier alpha value is -3.13. The molecule has 0 aliphatic heterocycles. The topological polar surface area (TPSA) is 92.4 Å². The Bertz CT molecular complexity index is 1460. The first-order valence-electron chi connectivity index (χ1n) is 10.7. The second kappa shape index (κ2) is 9.49. The molecule has 0 saturated heterocycles. The van der Waals surface area contributed by atoms with Crippen LogP contribution in [0.4, 0.5) is 5.69 Å². The first-order chi connectivity index (χ1) is 16.5. The van der Waals surface area contributed by atoms with E-state index in [4.69, 9.17) is 40.4 Å². The van der Waals surface area contributed by atoms with Gasteiger partial charge in [-0.2, -0.15) is 0 Å². The van der Waals surface area contributed by atoms with E-state index >= 15 is 0 Å². The predicted octanol–water partition coefficient (Wildman–Crippen LogP) is 5.42. The minimum atomic E-state index is -0.797. The molecule has 2 aromatic carbocycles. The molecule has 2 aromatic heterocycles. The van der Waals surface area contributed by atoms with Crippen molar-refractivity contribution < 1.29 is 19.1 Å². The van der Waals surface area contributed by atoms with Gasteiger partial charge in [-0.15, -0.1) is 0 Å². The lowest BCUT2D eigenvalue weighted by Gasteiger charge is -2.15. The number of benzene rings is 2. The van der Waals surface area contributed by atoms with E-state index in [0.717, 1.165) is 5.56 Å². The summed E-state index contributed by atoms with van der Waals surface area (Å²) in [6, 6.07) is 14.0. The van der Waals surface area contributed by atoms with Gasteiger partial charge in [-0.3, -0.25) is 9.59 Å². The Labute approximate surface area is 213 Å². The van der Waals surface area contributed by atoms with Crippen molar-refractivity contribution in [3.05, 3.63) is 64.3 Å². The molecule has 0 aliphatic carbocycles. The van der Waals surface area contributed by atoms with E-state index in [2.05, 4.69) is 5.32 Å². The Morgan fingerprint density at radius 3 is 2.34 bits per heavy atom. The first-order valence-corrected chi connectivity index (χ1v) is 11.5. The maximum atomic E-state index is 13.2. The molecule has 4 rings (SSSR count). The third-order valence-corrected chi connectivity index (χ3v) is 5.95. The largest absolute Gasteiger partial charge is 0.432 e. The zero-order valence-electron chi connectivity index (χ0n) is 19.3. The average Bonchev–Trinajstić information content (AvgIpc) is 3.14. The summed E-state index contributed by atoms with van der Waals surface area (Å²) in [5, 5.41) is 13.3. The molecular weight excluding hydrogens is 486 g/mol. The van der Waals surface area contributed by atoms with Crippen LogP contribution >= 0.6 is 23.2 Å². The molecule has 1 amide bonds. The van der Waals surface area contributed by atoms with Gasteiger partial charge in [0.2, 0.25) is 17.4 Å². The second-order valence-corrected chi connectivity index (χ2v) is 9.92. The monoisotopic (exact) mass is 506 g/mol. The molecule has 4 aromatic rings. The van der Waals surface area contributed by atoms with E-state index in [1.165, 1.54) is 0 Å². The number of hydrogen-bond donors (Lipinski definition) is 2. The smallest absolute Gasteiger partial charge is 0.250 e. The fraction of sp³-hybridized carbons (Fsp3) is 0.192. The lowest BCUT2D eigenvalue weighted by molar-refractivity contribution is -0.118. The first kappa shape index (κ1) is 25.0. The fourth-order valence-corrected chi connectivity index (χ4v) is 4.01. The fourth-order valence-electron chi connectivity index (χ4n) is 3.61. The molecule has 0 spiro atoms. The number of amides is 1. The van der Waals surface area contributed by atoms with Crippen LogP contribution in [-0.4, -0.2) is 36.2 Å². The number of nitrogens with one attached hydrogen (secondary N) is 1. The average molecular weight is 507 g/mol. The number of aromatic nitrogens is 1. The van der Waals surface area contributed by atoms with Crippen molar-refractivity contribution in [2.75, 3.05) is 11.9 Å². The highest BCUT2D eigenvalue weighted by Crippen LogP contribution is 2.41. The van der Waals surface area contributed by atoms with Crippen LogP contribution in [0.5, 0.6) is 0 Å². The van der Waals surface area contributed by atoms with Gasteiger partial charge in [0, 0.05) is 26.6 Å². The van der Waals surface area contributed by atoms with Crippen molar-refractivity contribution >= 4 is 65.0 Å².